The fourth-order valence-corrected chi connectivity index (χ4v) is 3.25. The molecule has 1 aromatic heterocycles. The summed E-state index contributed by atoms with van der Waals surface area (Å²) in [7, 11) is -3.65. The van der Waals surface area contributed by atoms with E-state index in [0.717, 1.165) is 12.3 Å². The van der Waals surface area contributed by atoms with Crippen LogP contribution in [-0.4, -0.2) is 25.4 Å². The van der Waals surface area contributed by atoms with Crippen LogP contribution in [0, 0.1) is 0 Å². The number of carbonyl (C=O) groups is 1. The molecule has 0 aliphatic rings. The molecule has 0 atom stereocenters. The number of anilines is 1. The quantitative estimate of drug-likeness (QED) is 0.825. The summed E-state index contributed by atoms with van der Waals surface area (Å²) in [6.45, 7) is 3.37. The zero-order valence-corrected chi connectivity index (χ0v) is 14.6. The van der Waals surface area contributed by atoms with Gasteiger partial charge < -0.3 is 5.32 Å². The molecule has 10 heteroatoms. The summed E-state index contributed by atoms with van der Waals surface area (Å²) in [6.07, 6.45) is -3.76. The molecular formula is C16H16F3N3O3S. The predicted octanol–water partition coefficient (Wildman–Crippen LogP) is 3.04. The second-order valence-electron chi connectivity index (χ2n) is 5.68. The van der Waals surface area contributed by atoms with Crippen LogP contribution < -0.4 is 10.0 Å². The van der Waals surface area contributed by atoms with Crippen LogP contribution in [0.25, 0.3) is 0 Å². The molecule has 0 aliphatic carbocycles. The number of pyridine rings is 1. The lowest BCUT2D eigenvalue weighted by atomic mass is 10.2. The van der Waals surface area contributed by atoms with E-state index in [1.54, 1.807) is 13.8 Å². The van der Waals surface area contributed by atoms with E-state index in [9.17, 15) is 26.4 Å². The molecule has 0 spiro atoms. The highest BCUT2D eigenvalue weighted by Crippen LogP contribution is 2.27. The van der Waals surface area contributed by atoms with Gasteiger partial charge in [-0.1, -0.05) is 0 Å². The van der Waals surface area contributed by atoms with Gasteiger partial charge in [-0.25, -0.2) is 13.1 Å². The Morgan fingerprint density at radius 2 is 1.69 bits per heavy atom. The molecule has 6 nitrogen and oxygen atoms in total. The topological polar surface area (TPSA) is 88.2 Å². The Kier molecular flexibility index (Phi) is 5.67. The van der Waals surface area contributed by atoms with Gasteiger partial charge in [0, 0.05) is 17.9 Å². The molecule has 1 heterocycles. The highest BCUT2D eigenvalue weighted by molar-refractivity contribution is 7.89. The Morgan fingerprint density at radius 3 is 2.15 bits per heavy atom. The largest absolute Gasteiger partial charge is 0.433 e. The number of hydrogen-bond donors (Lipinski definition) is 2. The van der Waals surface area contributed by atoms with Crippen LogP contribution in [-0.2, 0) is 16.2 Å². The van der Waals surface area contributed by atoms with Gasteiger partial charge in [-0.3, -0.25) is 9.78 Å². The molecular weight excluding hydrogens is 371 g/mol. The maximum atomic E-state index is 12.5. The molecule has 0 bridgehead atoms. The third-order valence-electron chi connectivity index (χ3n) is 3.13. The number of carbonyl (C=O) groups excluding carboxylic acids is 1. The molecule has 0 saturated heterocycles. The van der Waals surface area contributed by atoms with Gasteiger partial charge in [0.1, 0.15) is 5.69 Å². The molecule has 0 unspecified atom stereocenters. The number of benzene rings is 1. The molecule has 26 heavy (non-hydrogen) atoms. The Morgan fingerprint density at radius 1 is 1.08 bits per heavy atom. The van der Waals surface area contributed by atoms with Crippen LogP contribution in [0.1, 0.15) is 29.9 Å². The Labute approximate surface area is 148 Å². The van der Waals surface area contributed by atoms with E-state index in [4.69, 9.17) is 0 Å². The molecule has 2 aromatic rings. The summed E-state index contributed by atoms with van der Waals surface area (Å²) >= 11 is 0. The standard InChI is InChI=1S/C16H16F3N3O3S/c1-10(2)22-26(24,25)13-6-4-12(5-7-13)21-15(23)11-3-8-14(20-9-11)16(17,18)19/h3-10,22H,1-2H3,(H,21,23). The zero-order valence-electron chi connectivity index (χ0n) is 13.8. The number of sulfonamides is 1. The molecule has 0 radical (unpaired) electrons. The van der Waals surface area contributed by atoms with E-state index in [-0.39, 0.29) is 16.5 Å². The van der Waals surface area contributed by atoms with Crippen molar-refractivity contribution in [2.75, 3.05) is 5.32 Å². The second-order valence-corrected chi connectivity index (χ2v) is 7.40. The number of hydrogen-bond acceptors (Lipinski definition) is 4. The van der Waals surface area contributed by atoms with Crippen molar-refractivity contribution in [3.63, 3.8) is 0 Å². The van der Waals surface area contributed by atoms with Crippen LogP contribution >= 0.6 is 0 Å². The summed E-state index contributed by atoms with van der Waals surface area (Å²) in [6, 6.07) is 6.83. The maximum Gasteiger partial charge on any atom is 0.433 e. The van der Waals surface area contributed by atoms with Gasteiger partial charge in [-0.2, -0.15) is 13.2 Å². The third-order valence-corrected chi connectivity index (χ3v) is 4.80. The van der Waals surface area contributed by atoms with Gasteiger partial charge in [0.05, 0.1) is 10.5 Å². The molecule has 0 saturated carbocycles. The van der Waals surface area contributed by atoms with Crippen molar-refractivity contribution >= 4 is 21.6 Å². The molecule has 2 rings (SSSR count). The molecule has 2 N–H and O–H groups in total. The van der Waals surface area contributed by atoms with Crippen molar-refractivity contribution in [1.82, 2.24) is 9.71 Å². The Bertz CT molecular complexity index is 878. The van der Waals surface area contributed by atoms with Gasteiger partial charge in [0.25, 0.3) is 5.91 Å². The second kappa shape index (κ2) is 7.42. The first-order valence-corrected chi connectivity index (χ1v) is 8.94. The van der Waals surface area contributed by atoms with Crippen molar-refractivity contribution in [2.24, 2.45) is 0 Å². The molecule has 140 valence electrons. The number of nitrogens with zero attached hydrogens (tertiary/aromatic N) is 1. The summed E-state index contributed by atoms with van der Waals surface area (Å²) in [4.78, 5) is 15.3. The van der Waals surface area contributed by atoms with E-state index in [1.165, 1.54) is 24.3 Å². The lowest BCUT2D eigenvalue weighted by Crippen LogP contribution is -2.30. The van der Waals surface area contributed by atoms with Gasteiger partial charge in [0.15, 0.2) is 0 Å². The normalized spacial score (nSPS) is 12.2. The first-order chi connectivity index (χ1) is 12.0. The number of alkyl halides is 3. The van der Waals surface area contributed by atoms with E-state index in [2.05, 4.69) is 15.0 Å². The average molecular weight is 387 g/mol. The highest BCUT2D eigenvalue weighted by Gasteiger charge is 2.32. The molecule has 1 aromatic carbocycles. The van der Waals surface area contributed by atoms with E-state index in [1.807, 2.05) is 0 Å². The average Bonchev–Trinajstić information content (AvgIpc) is 2.53. The maximum absolute atomic E-state index is 12.5. The van der Waals surface area contributed by atoms with Gasteiger partial charge >= 0.3 is 6.18 Å². The highest BCUT2D eigenvalue weighted by atomic mass is 32.2. The summed E-state index contributed by atoms with van der Waals surface area (Å²) < 4.78 is 63.8. The van der Waals surface area contributed by atoms with E-state index < -0.39 is 27.8 Å². The van der Waals surface area contributed by atoms with Crippen molar-refractivity contribution < 1.29 is 26.4 Å². The first kappa shape index (κ1) is 19.9. The first-order valence-electron chi connectivity index (χ1n) is 7.46. The summed E-state index contributed by atoms with van der Waals surface area (Å²) in [5.41, 5.74) is -0.865. The van der Waals surface area contributed by atoms with Crippen LogP contribution in [0.15, 0.2) is 47.5 Å². The van der Waals surface area contributed by atoms with Crippen LogP contribution in [0.4, 0.5) is 18.9 Å². The number of amides is 1. The monoisotopic (exact) mass is 387 g/mol. The Balaban J connectivity index is 2.10. The van der Waals surface area contributed by atoms with E-state index in [0.29, 0.717) is 11.8 Å². The lowest BCUT2D eigenvalue weighted by molar-refractivity contribution is -0.141. The zero-order chi connectivity index (χ0) is 19.5. The lowest BCUT2D eigenvalue weighted by Gasteiger charge is -2.11. The van der Waals surface area contributed by atoms with Crippen molar-refractivity contribution in [3.8, 4) is 0 Å². The van der Waals surface area contributed by atoms with Crippen molar-refractivity contribution in [3.05, 3.63) is 53.9 Å². The molecule has 0 fully saturated rings. The molecule has 0 aliphatic heterocycles. The van der Waals surface area contributed by atoms with E-state index >= 15 is 0 Å². The fraction of sp³-hybridized carbons (Fsp3) is 0.250. The van der Waals surface area contributed by atoms with Gasteiger partial charge in [-0.15, -0.1) is 0 Å². The fourth-order valence-electron chi connectivity index (χ4n) is 1.99. The smallest absolute Gasteiger partial charge is 0.322 e. The summed E-state index contributed by atoms with van der Waals surface area (Å²) in [5.74, 6) is -0.665. The van der Waals surface area contributed by atoms with Crippen LogP contribution in [0.5, 0.6) is 0 Å². The van der Waals surface area contributed by atoms with Crippen LogP contribution in [0.3, 0.4) is 0 Å². The van der Waals surface area contributed by atoms with Crippen LogP contribution in [0.2, 0.25) is 0 Å². The number of rotatable bonds is 5. The minimum Gasteiger partial charge on any atom is -0.322 e. The van der Waals surface area contributed by atoms with Crippen molar-refractivity contribution in [1.29, 1.82) is 0 Å². The SMILES string of the molecule is CC(C)NS(=O)(=O)c1ccc(NC(=O)c2ccc(C(F)(F)F)nc2)cc1. The molecule has 1 amide bonds. The van der Waals surface area contributed by atoms with Crippen molar-refractivity contribution in [2.45, 2.75) is 31.0 Å². The summed E-state index contributed by atoms with van der Waals surface area (Å²) in [5, 5.41) is 2.46. The minimum atomic E-state index is -4.58. The van der Waals surface area contributed by atoms with Gasteiger partial charge in [-0.05, 0) is 50.2 Å². The number of halogens is 3. The number of aromatic nitrogens is 1. The van der Waals surface area contributed by atoms with Gasteiger partial charge in [0.2, 0.25) is 10.0 Å². The Hall–Kier alpha value is -2.46. The predicted molar refractivity (Wildman–Crippen MR) is 89.1 cm³/mol. The minimum absolute atomic E-state index is 0.0281. The number of nitrogens with one attached hydrogen (secondary N) is 2. The third kappa shape index (κ3) is 5.02.